The van der Waals surface area contributed by atoms with E-state index in [4.69, 9.17) is 11.5 Å². The predicted molar refractivity (Wildman–Crippen MR) is 53.4 cm³/mol. The van der Waals surface area contributed by atoms with Crippen molar-refractivity contribution in [1.82, 2.24) is 0 Å². The second kappa shape index (κ2) is 3.94. The van der Waals surface area contributed by atoms with Gasteiger partial charge in [-0.25, -0.2) is 0 Å². The van der Waals surface area contributed by atoms with E-state index < -0.39 is 5.91 Å². The molecule has 1 rings (SSSR count). The molecule has 0 unspecified atom stereocenters. The van der Waals surface area contributed by atoms with E-state index in [0.717, 1.165) is 18.4 Å². The molecule has 0 radical (unpaired) electrons. The van der Waals surface area contributed by atoms with Gasteiger partial charge in [0.25, 0.3) is 0 Å². The Kier molecular flexibility index (Phi) is 2.90. The molecule has 0 aliphatic carbocycles. The van der Waals surface area contributed by atoms with Crippen molar-refractivity contribution in [3.8, 4) is 0 Å². The van der Waals surface area contributed by atoms with E-state index in [9.17, 15) is 4.79 Å². The van der Waals surface area contributed by atoms with Gasteiger partial charge >= 0.3 is 0 Å². The number of carbonyl (C=O) groups excluding carboxylic acids is 1. The maximum absolute atomic E-state index is 11.0. The molecule has 0 fully saturated rings. The zero-order valence-electron chi connectivity index (χ0n) is 7.71. The van der Waals surface area contributed by atoms with Crippen molar-refractivity contribution in [2.75, 3.05) is 5.73 Å². The number of rotatable bonds is 3. The van der Waals surface area contributed by atoms with Crippen molar-refractivity contribution in [1.29, 1.82) is 0 Å². The van der Waals surface area contributed by atoms with Crippen LogP contribution in [-0.2, 0) is 6.42 Å². The number of carbonyl (C=O) groups is 1. The van der Waals surface area contributed by atoms with E-state index in [-0.39, 0.29) is 0 Å². The number of hydrogen-bond acceptors (Lipinski definition) is 2. The molecular weight excluding hydrogens is 164 g/mol. The molecule has 4 N–H and O–H groups in total. The zero-order valence-corrected chi connectivity index (χ0v) is 7.71. The van der Waals surface area contributed by atoms with Crippen LogP contribution in [0.5, 0.6) is 0 Å². The van der Waals surface area contributed by atoms with Crippen LogP contribution in [0.1, 0.15) is 29.3 Å². The molecule has 0 saturated heterocycles. The molecule has 1 aromatic rings. The van der Waals surface area contributed by atoms with Crippen LogP contribution < -0.4 is 11.5 Å². The Labute approximate surface area is 77.7 Å². The normalized spacial score (nSPS) is 9.92. The third-order valence-corrected chi connectivity index (χ3v) is 1.98. The van der Waals surface area contributed by atoms with Gasteiger partial charge in [0.2, 0.25) is 5.91 Å². The summed E-state index contributed by atoms with van der Waals surface area (Å²) < 4.78 is 0. The van der Waals surface area contributed by atoms with Gasteiger partial charge in [-0.3, -0.25) is 4.79 Å². The molecule has 3 nitrogen and oxygen atoms in total. The zero-order chi connectivity index (χ0) is 9.84. The van der Waals surface area contributed by atoms with E-state index in [1.807, 2.05) is 6.92 Å². The Morgan fingerprint density at radius 3 is 2.69 bits per heavy atom. The first kappa shape index (κ1) is 9.58. The maximum atomic E-state index is 11.0. The summed E-state index contributed by atoms with van der Waals surface area (Å²) in [4.78, 5) is 11.0. The van der Waals surface area contributed by atoms with E-state index >= 15 is 0 Å². The summed E-state index contributed by atoms with van der Waals surface area (Å²) in [5.74, 6) is -0.407. The Balaban J connectivity index is 3.17. The number of hydrogen-bond donors (Lipinski definition) is 2. The summed E-state index contributed by atoms with van der Waals surface area (Å²) in [6, 6.07) is 5.25. The van der Waals surface area contributed by atoms with Gasteiger partial charge in [-0.15, -0.1) is 0 Å². The van der Waals surface area contributed by atoms with Gasteiger partial charge in [-0.1, -0.05) is 19.4 Å². The average Bonchev–Trinajstić information content (AvgIpc) is 2.08. The van der Waals surface area contributed by atoms with Gasteiger partial charge in [0, 0.05) is 11.3 Å². The second-order valence-corrected chi connectivity index (χ2v) is 2.99. The topological polar surface area (TPSA) is 69.1 Å². The first-order valence-electron chi connectivity index (χ1n) is 4.34. The number of anilines is 1. The molecule has 0 aliphatic rings. The van der Waals surface area contributed by atoms with Crippen LogP contribution in [0, 0.1) is 0 Å². The van der Waals surface area contributed by atoms with Crippen molar-refractivity contribution < 1.29 is 4.79 Å². The Hall–Kier alpha value is -1.51. The Morgan fingerprint density at radius 2 is 2.15 bits per heavy atom. The summed E-state index contributed by atoms with van der Waals surface area (Å²) >= 11 is 0. The summed E-state index contributed by atoms with van der Waals surface area (Å²) in [5, 5.41) is 0. The SMILES string of the molecule is CCCc1c(N)cccc1C(N)=O. The molecule has 0 bridgehead atoms. The van der Waals surface area contributed by atoms with Crippen LogP contribution in [0.3, 0.4) is 0 Å². The monoisotopic (exact) mass is 178 g/mol. The summed E-state index contributed by atoms with van der Waals surface area (Å²) in [7, 11) is 0. The van der Waals surface area contributed by atoms with Crippen molar-refractivity contribution in [2.45, 2.75) is 19.8 Å². The molecule has 0 saturated carbocycles. The summed E-state index contributed by atoms with van der Waals surface area (Å²) in [6.07, 6.45) is 1.75. The highest BCUT2D eigenvalue weighted by molar-refractivity contribution is 5.95. The van der Waals surface area contributed by atoms with Gasteiger partial charge in [-0.2, -0.15) is 0 Å². The average molecular weight is 178 g/mol. The smallest absolute Gasteiger partial charge is 0.249 e. The highest BCUT2D eigenvalue weighted by atomic mass is 16.1. The number of amides is 1. The van der Waals surface area contributed by atoms with Crippen molar-refractivity contribution in [2.24, 2.45) is 5.73 Å². The highest BCUT2D eigenvalue weighted by Gasteiger charge is 2.09. The van der Waals surface area contributed by atoms with Crippen LogP contribution in [0.25, 0.3) is 0 Å². The quantitative estimate of drug-likeness (QED) is 0.685. The standard InChI is InChI=1S/C10H14N2O/c1-2-4-7-8(10(12)13)5-3-6-9(7)11/h3,5-6H,2,4,11H2,1H3,(H2,12,13). The van der Waals surface area contributed by atoms with E-state index in [1.54, 1.807) is 18.2 Å². The molecular formula is C10H14N2O. The molecule has 1 aromatic carbocycles. The molecule has 0 spiro atoms. The largest absolute Gasteiger partial charge is 0.398 e. The van der Waals surface area contributed by atoms with Gasteiger partial charge in [0.1, 0.15) is 0 Å². The number of nitrogen functional groups attached to an aromatic ring is 1. The Bertz CT molecular complexity index is 321. The maximum Gasteiger partial charge on any atom is 0.249 e. The van der Waals surface area contributed by atoms with Gasteiger partial charge in [0.15, 0.2) is 0 Å². The summed E-state index contributed by atoms with van der Waals surface area (Å²) in [6.45, 7) is 2.04. The Morgan fingerprint density at radius 1 is 1.46 bits per heavy atom. The van der Waals surface area contributed by atoms with Gasteiger partial charge in [-0.05, 0) is 24.1 Å². The van der Waals surface area contributed by atoms with E-state index in [1.165, 1.54) is 0 Å². The van der Waals surface area contributed by atoms with Crippen LogP contribution in [0.2, 0.25) is 0 Å². The second-order valence-electron chi connectivity index (χ2n) is 2.99. The minimum Gasteiger partial charge on any atom is -0.398 e. The number of primary amides is 1. The first-order chi connectivity index (χ1) is 6.16. The number of benzene rings is 1. The van der Waals surface area contributed by atoms with Crippen LogP contribution in [-0.4, -0.2) is 5.91 Å². The van der Waals surface area contributed by atoms with Crippen molar-refractivity contribution >= 4 is 11.6 Å². The predicted octanol–water partition coefficient (Wildman–Crippen LogP) is 1.32. The molecule has 1 amide bonds. The van der Waals surface area contributed by atoms with Gasteiger partial charge < -0.3 is 11.5 Å². The first-order valence-corrected chi connectivity index (χ1v) is 4.34. The fourth-order valence-corrected chi connectivity index (χ4v) is 1.36. The molecule has 0 aliphatic heterocycles. The lowest BCUT2D eigenvalue weighted by molar-refractivity contribution is 0.0999. The number of nitrogens with two attached hydrogens (primary N) is 2. The van der Waals surface area contributed by atoms with Crippen LogP contribution in [0.4, 0.5) is 5.69 Å². The molecule has 3 heteroatoms. The summed E-state index contributed by atoms with van der Waals surface area (Å²) in [5.41, 5.74) is 13.0. The van der Waals surface area contributed by atoms with Crippen molar-refractivity contribution in [3.05, 3.63) is 29.3 Å². The highest BCUT2D eigenvalue weighted by Crippen LogP contribution is 2.18. The third kappa shape index (κ3) is 1.99. The molecule has 0 aromatic heterocycles. The minimum absolute atomic E-state index is 0.407. The fourth-order valence-electron chi connectivity index (χ4n) is 1.36. The molecule has 70 valence electrons. The molecule has 0 heterocycles. The third-order valence-electron chi connectivity index (χ3n) is 1.98. The fraction of sp³-hybridized carbons (Fsp3) is 0.300. The lowest BCUT2D eigenvalue weighted by Gasteiger charge is -2.08. The molecule has 13 heavy (non-hydrogen) atoms. The van der Waals surface area contributed by atoms with Crippen LogP contribution in [0.15, 0.2) is 18.2 Å². The van der Waals surface area contributed by atoms with Crippen molar-refractivity contribution in [3.63, 3.8) is 0 Å². The van der Waals surface area contributed by atoms with Gasteiger partial charge in [0.05, 0.1) is 0 Å². The minimum atomic E-state index is -0.407. The molecule has 0 atom stereocenters. The van der Waals surface area contributed by atoms with Crippen LogP contribution >= 0.6 is 0 Å². The van der Waals surface area contributed by atoms with E-state index in [0.29, 0.717) is 11.3 Å². The van der Waals surface area contributed by atoms with E-state index in [2.05, 4.69) is 0 Å². The lowest BCUT2D eigenvalue weighted by atomic mass is 10.0. The lowest BCUT2D eigenvalue weighted by Crippen LogP contribution is -2.14.